The highest BCUT2D eigenvalue weighted by molar-refractivity contribution is 7.98. The molecule has 5 nitrogen and oxygen atoms in total. The molecule has 0 aliphatic rings. The summed E-state index contributed by atoms with van der Waals surface area (Å²) in [6.45, 7) is -3.67. The minimum absolute atomic E-state index is 0.367. The molecule has 0 bridgehead atoms. The lowest BCUT2D eigenvalue weighted by Gasteiger charge is -2.20. The fourth-order valence-electron chi connectivity index (χ4n) is 1.44. The van der Waals surface area contributed by atoms with Crippen molar-refractivity contribution in [3.8, 4) is 5.75 Å². The Hall–Kier alpha value is -0.680. The molecule has 0 heterocycles. The van der Waals surface area contributed by atoms with E-state index in [4.69, 9.17) is 15.8 Å². The van der Waals surface area contributed by atoms with Crippen molar-refractivity contribution in [1.29, 1.82) is 0 Å². The van der Waals surface area contributed by atoms with Gasteiger partial charge in [-0.25, -0.2) is 9.65 Å². The summed E-state index contributed by atoms with van der Waals surface area (Å²) in [5.41, 5.74) is 0. The third-order valence-electron chi connectivity index (χ3n) is 2.37. The first-order valence-electron chi connectivity index (χ1n) is 5.87. The highest BCUT2D eigenvalue weighted by Gasteiger charge is 2.30. The molecule has 1 aromatic carbocycles. The maximum Gasteiger partial charge on any atom is 0.409 e. The standard InChI is InChI=1S/C12H17ClNO4PS/c1-17-12(15)11(8-9-20-2)14-19(13,16)18-10-6-4-3-5-7-10/h3-7,11H,8-9H2,1-2H3,(H,14,16)/t11-,19?/m0/s1. The molecule has 8 heteroatoms. The number of benzene rings is 1. The minimum atomic E-state index is -3.67. The summed E-state index contributed by atoms with van der Waals surface area (Å²) in [5.74, 6) is 0.554. The zero-order valence-electron chi connectivity index (χ0n) is 11.2. The van der Waals surface area contributed by atoms with Crippen LogP contribution in [0.4, 0.5) is 0 Å². The number of para-hydroxylation sites is 1. The van der Waals surface area contributed by atoms with Gasteiger partial charge in [0.2, 0.25) is 0 Å². The predicted molar refractivity (Wildman–Crippen MR) is 82.5 cm³/mol. The van der Waals surface area contributed by atoms with Crippen molar-refractivity contribution < 1.29 is 18.6 Å². The van der Waals surface area contributed by atoms with Gasteiger partial charge in [0, 0.05) is 11.2 Å². The number of esters is 1. The van der Waals surface area contributed by atoms with Crippen LogP contribution in [-0.4, -0.2) is 31.1 Å². The number of nitrogens with one attached hydrogen (secondary N) is 1. The molecule has 0 radical (unpaired) electrons. The van der Waals surface area contributed by atoms with E-state index in [1.165, 1.54) is 7.11 Å². The Morgan fingerprint density at radius 1 is 1.45 bits per heavy atom. The Morgan fingerprint density at radius 3 is 2.65 bits per heavy atom. The molecule has 0 aliphatic carbocycles. The molecule has 1 aromatic rings. The minimum Gasteiger partial charge on any atom is -0.468 e. The van der Waals surface area contributed by atoms with Crippen molar-refractivity contribution in [2.75, 3.05) is 19.1 Å². The van der Waals surface area contributed by atoms with Crippen molar-refractivity contribution >= 4 is 35.8 Å². The molecule has 1 rings (SSSR count). The topological polar surface area (TPSA) is 64.6 Å². The summed E-state index contributed by atoms with van der Waals surface area (Å²) in [6, 6.07) is 7.77. The molecule has 0 saturated heterocycles. The van der Waals surface area contributed by atoms with Gasteiger partial charge >= 0.3 is 12.8 Å². The zero-order valence-corrected chi connectivity index (χ0v) is 13.7. The van der Waals surface area contributed by atoms with Gasteiger partial charge in [0.25, 0.3) is 0 Å². The van der Waals surface area contributed by atoms with Crippen molar-refractivity contribution in [1.82, 2.24) is 5.09 Å². The van der Waals surface area contributed by atoms with E-state index in [-0.39, 0.29) is 0 Å². The van der Waals surface area contributed by atoms with E-state index in [1.807, 2.05) is 6.26 Å². The van der Waals surface area contributed by atoms with Crippen LogP contribution >= 0.6 is 29.9 Å². The number of halogens is 1. The average Bonchev–Trinajstić information content (AvgIpc) is 2.43. The fraction of sp³-hybridized carbons (Fsp3) is 0.417. The molecule has 1 unspecified atom stereocenters. The second kappa shape index (κ2) is 8.57. The maximum absolute atomic E-state index is 12.2. The number of thioether (sulfide) groups is 1. The van der Waals surface area contributed by atoms with Crippen LogP contribution in [-0.2, 0) is 14.1 Å². The maximum atomic E-state index is 12.2. The monoisotopic (exact) mass is 337 g/mol. The van der Waals surface area contributed by atoms with Crippen molar-refractivity contribution in [3.63, 3.8) is 0 Å². The first-order valence-corrected chi connectivity index (χ1v) is 9.80. The second-order valence-electron chi connectivity index (χ2n) is 3.87. The zero-order chi connectivity index (χ0) is 15.0. The molecule has 0 aliphatic heterocycles. The van der Waals surface area contributed by atoms with Crippen LogP contribution < -0.4 is 9.61 Å². The van der Waals surface area contributed by atoms with E-state index in [2.05, 4.69) is 9.82 Å². The van der Waals surface area contributed by atoms with Gasteiger partial charge in [-0.3, -0.25) is 4.79 Å². The first-order chi connectivity index (χ1) is 9.48. The Kier molecular flexibility index (Phi) is 7.45. The van der Waals surface area contributed by atoms with E-state index in [1.54, 1.807) is 42.1 Å². The SMILES string of the molecule is COC(=O)[C@H](CCSC)NP(=O)(Cl)Oc1ccccc1. The van der Waals surface area contributed by atoms with Crippen LogP contribution in [0.2, 0.25) is 0 Å². The number of hydrogen-bond donors (Lipinski definition) is 1. The number of carbonyl (C=O) groups excluding carboxylic acids is 1. The second-order valence-corrected chi connectivity index (χ2v) is 7.59. The van der Waals surface area contributed by atoms with E-state index in [0.717, 1.165) is 0 Å². The van der Waals surface area contributed by atoms with Crippen molar-refractivity contribution in [2.45, 2.75) is 12.5 Å². The Bertz CT molecular complexity index is 474. The third kappa shape index (κ3) is 6.18. The number of rotatable bonds is 8. The smallest absolute Gasteiger partial charge is 0.409 e. The van der Waals surface area contributed by atoms with Gasteiger partial charge in [-0.1, -0.05) is 18.2 Å². The number of methoxy groups -OCH3 is 1. The van der Waals surface area contributed by atoms with Crippen LogP contribution in [0.1, 0.15) is 6.42 Å². The van der Waals surface area contributed by atoms with Gasteiger partial charge in [-0.15, -0.1) is 0 Å². The quantitative estimate of drug-likeness (QED) is 0.580. The van der Waals surface area contributed by atoms with Crippen molar-refractivity contribution in [3.05, 3.63) is 30.3 Å². The van der Waals surface area contributed by atoms with Crippen LogP contribution in [0.15, 0.2) is 30.3 Å². The molecule has 0 amide bonds. The summed E-state index contributed by atoms with van der Waals surface area (Å²) in [7, 11) is 1.27. The molecule has 0 spiro atoms. The summed E-state index contributed by atoms with van der Waals surface area (Å²) in [5, 5.41) is 2.54. The largest absolute Gasteiger partial charge is 0.468 e. The summed E-state index contributed by atoms with van der Waals surface area (Å²) < 4.78 is 22.1. The number of hydrogen-bond acceptors (Lipinski definition) is 5. The van der Waals surface area contributed by atoms with Crippen LogP contribution in [0.3, 0.4) is 0 Å². The molecule has 0 aromatic heterocycles. The van der Waals surface area contributed by atoms with Gasteiger partial charge in [-0.2, -0.15) is 11.8 Å². The molecule has 2 atom stereocenters. The van der Waals surface area contributed by atoms with Crippen LogP contribution in [0, 0.1) is 0 Å². The van der Waals surface area contributed by atoms with Crippen molar-refractivity contribution in [2.24, 2.45) is 0 Å². The Morgan fingerprint density at radius 2 is 2.10 bits per heavy atom. The average molecular weight is 338 g/mol. The van der Waals surface area contributed by atoms with E-state index >= 15 is 0 Å². The van der Waals surface area contributed by atoms with Gasteiger partial charge in [-0.05, 0) is 30.6 Å². The highest BCUT2D eigenvalue weighted by atomic mass is 35.7. The normalized spacial score (nSPS) is 15.2. The van der Waals surface area contributed by atoms with E-state index < -0.39 is 18.9 Å². The lowest BCUT2D eigenvalue weighted by atomic mass is 10.2. The summed E-state index contributed by atoms with van der Waals surface area (Å²) in [4.78, 5) is 11.6. The highest BCUT2D eigenvalue weighted by Crippen LogP contribution is 2.48. The Labute approximate surface area is 127 Å². The Balaban J connectivity index is 2.69. The molecule has 0 saturated carbocycles. The molecular weight excluding hydrogens is 321 g/mol. The molecule has 20 heavy (non-hydrogen) atoms. The molecule has 112 valence electrons. The summed E-state index contributed by atoms with van der Waals surface area (Å²) in [6.07, 6.45) is 2.36. The molecular formula is C12H17ClNO4PS. The third-order valence-corrected chi connectivity index (χ3v) is 4.58. The van der Waals surface area contributed by atoms with E-state index in [9.17, 15) is 9.36 Å². The summed E-state index contributed by atoms with van der Waals surface area (Å²) >= 11 is 7.42. The van der Waals surface area contributed by atoms with Gasteiger partial charge in [0.1, 0.15) is 11.8 Å². The van der Waals surface area contributed by atoms with Gasteiger partial charge < -0.3 is 9.26 Å². The molecule has 0 fully saturated rings. The number of ether oxygens (including phenoxy) is 1. The van der Waals surface area contributed by atoms with Gasteiger partial charge in [0.15, 0.2) is 0 Å². The first kappa shape index (κ1) is 17.4. The lowest BCUT2D eigenvalue weighted by Crippen LogP contribution is -2.36. The van der Waals surface area contributed by atoms with Gasteiger partial charge in [0.05, 0.1) is 7.11 Å². The molecule has 1 N–H and O–H groups in total. The fourth-order valence-corrected chi connectivity index (χ4v) is 3.56. The van der Waals surface area contributed by atoms with Crippen LogP contribution in [0.25, 0.3) is 0 Å². The van der Waals surface area contributed by atoms with Crippen LogP contribution in [0.5, 0.6) is 5.75 Å². The van der Waals surface area contributed by atoms with E-state index in [0.29, 0.717) is 17.9 Å². The number of carbonyl (C=O) groups is 1. The predicted octanol–water partition coefficient (Wildman–Crippen LogP) is 3.30. The lowest BCUT2D eigenvalue weighted by molar-refractivity contribution is -0.142.